The monoisotopic (exact) mass is 630 g/mol. The summed E-state index contributed by atoms with van der Waals surface area (Å²) in [5, 5.41) is 2.99. The third kappa shape index (κ3) is 4.59. The Hall–Kier alpha value is -4.97. The Morgan fingerprint density at radius 1 is 1.07 bits per heavy atom. The lowest BCUT2D eigenvalue weighted by Crippen LogP contribution is -2.41. The van der Waals surface area contributed by atoms with Crippen LogP contribution in [0.15, 0.2) is 87.4 Å². The molecule has 4 heterocycles. The van der Waals surface area contributed by atoms with Gasteiger partial charge in [0.05, 0.1) is 34.9 Å². The molecule has 0 spiro atoms. The summed E-state index contributed by atoms with van der Waals surface area (Å²) in [6.07, 6.45) is 6.74. The van der Waals surface area contributed by atoms with E-state index in [9.17, 15) is 26.8 Å². The third-order valence-corrected chi connectivity index (χ3v) is 9.90. The normalized spacial score (nSPS) is 17.2. The molecule has 0 bridgehead atoms. The standard InChI is InChI=1S/C33H28F2N4O5S/c1-36-33(41)31-23-15-21(26(37(2)45(3,42)43)17-29(23)44-32(31)18-7-9-20(34)10-8-18)19-13-27-28-16-22-24(35)5-4-6-25(22)38(28)11-12-39(27)30(40)14-19/h4-5,7-10,13-17,25H,6,11-12H2,1-3H3,(H,36,41). The minimum absolute atomic E-state index is 0.160. The van der Waals surface area contributed by atoms with Crippen molar-refractivity contribution in [2.75, 3.05) is 31.2 Å². The number of nitrogens with zero attached hydrogens (tertiary/aromatic N) is 3. The number of hydrogen-bond acceptors (Lipinski definition) is 6. The van der Waals surface area contributed by atoms with Gasteiger partial charge in [0, 0.05) is 61.4 Å². The predicted molar refractivity (Wildman–Crippen MR) is 168 cm³/mol. The van der Waals surface area contributed by atoms with Gasteiger partial charge in [-0.3, -0.25) is 13.9 Å². The van der Waals surface area contributed by atoms with Crippen LogP contribution in [0.3, 0.4) is 0 Å². The number of nitrogens with one attached hydrogen (secondary N) is 1. The highest BCUT2D eigenvalue weighted by atomic mass is 32.2. The summed E-state index contributed by atoms with van der Waals surface area (Å²) in [7, 11) is -0.922. The van der Waals surface area contributed by atoms with Gasteiger partial charge in [-0.15, -0.1) is 0 Å². The second-order valence-electron chi connectivity index (χ2n) is 11.3. The van der Waals surface area contributed by atoms with Crippen LogP contribution < -0.4 is 15.2 Å². The van der Waals surface area contributed by atoms with Crippen LogP contribution in [0.25, 0.3) is 39.1 Å². The molecule has 0 fully saturated rings. The van der Waals surface area contributed by atoms with Gasteiger partial charge < -0.3 is 19.2 Å². The van der Waals surface area contributed by atoms with Crippen molar-refractivity contribution < 1.29 is 26.4 Å². The van der Waals surface area contributed by atoms with Crippen LogP contribution in [0.4, 0.5) is 14.5 Å². The number of halogens is 2. The van der Waals surface area contributed by atoms with Crippen molar-refractivity contribution in [1.29, 1.82) is 0 Å². The summed E-state index contributed by atoms with van der Waals surface area (Å²) in [4.78, 5) is 28.9. The number of aromatic nitrogens is 1. The Kier molecular flexibility index (Phi) is 6.59. The first-order valence-electron chi connectivity index (χ1n) is 14.3. The minimum Gasteiger partial charge on any atom is -0.455 e. The highest BCUT2D eigenvalue weighted by Gasteiger charge is 2.37. The highest BCUT2D eigenvalue weighted by Crippen LogP contribution is 2.44. The number of hydrogen-bond donors (Lipinski definition) is 1. The molecule has 1 unspecified atom stereocenters. The number of fused-ring (bicyclic) bond motifs is 6. The van der Waals surface area contributed by atoms with Crippen LogP contribution in [-0.2, 0) is 16.6 Å². The van der Waals surface area contributed by atoms with Gasteiger partial charge in [0.2, 0.25) is 10.0 Å². The van der Waals surface area contributed by atoms with E-state index in [4.69, 9.17) is 4.42 Å². The van der Waals surface area contributed by atoms with E-state index in [2.05, 4.69) is 10.2 Å². The Labute approximate surface area is 257 Å². The van der Waals surface area contributed by atoms with Crippen LogP contribution in [0.2, 0.25) is 0 Å². The van der Waals surface area contributed by atoms with Crippen LogP contribution in [0, 0.1) is 5.82 Å². The molecule has 12 heteroatoms. The summed E-state index contributed by atoms with van der Waals surface area (Å²) in [6, 6.07) is 11.7. The van der Waals surface area contributed by atoms with Gasteiger partial charge >= 0.3 is 0 Å². The van der Waals surface area contributed by atoms with Crippen LogP contribution in [0.1, 0.15) is 22.5 Å². The molecular weight excluding hydrogens is 602 g/mol. The lowest BCUT2D eigenvalue weighted by Gasteiger charge is -2.36. The van der Waals surface area contributed by atoms with Gasteiger partial charge in [0.25, 0.3) is 11.5 Å². The molecule has 0 saturated heterocycles. The van der Waals surface area contributed by atoms with E-state index >= 15 is 0 Å². The van der Waals surface area contributed by atoms with Gasteiger partial charge in [-0.25, -0.2) is 17.2 Å². The molecule has 1 atom stereocenters. The largest absolute Gasteiger partial charge is 0.455 e. The number of rotatable bonds is 5. The van der Waals surface area contributed by atoms with Gasteiger partial charge in [0.1, 0.15) is 23.0 Å². The minimum atomic E-state index is -3.79. The summed E-state index contributed by atoms with van der Waals surface area (Å²) < 4.78 is 63.0. The SMILES string of the molecule is CNC(=O)c1c(-c2ccc(F)cc2)oc2cc(N(C)S(C)(=O)=O)c(-c3cc4n(c(=O)c3)CCN3C4=CC4=C(F)C=CCC43)cc12. The van der Waals surface area contributed by atoms with Crippen molar-refractivity contribution in [2.24, 2.45) is 0 Å². The van der Waals surface area contributed by atoms with E-state index in [0.717, 1.165) is 10.6 Å². The zero-order chi connectivity index (χ0) is 31.8. The number of carbonyl (C=O) groups is 1. The predicted octanol–water partition coefficient (Wildman–Crippen LogP) is 5.05. The van der Waals surface area contributed by atoms with Gasteiger partial charge in [-0.05, 0) is 60.5 Å². The maximum absolute atomic E-state index is 14.8. The van der Waals surface area contributed by atoms with Gasteiger partial charge in [0.15, 0.2) is 0 Å². The zero-order valence-corrected chi connectivity index (χ0v) is 25.4. The van der Waals surface area contributed by atoms with E-state index in [1.54, 1.807) is 28.9 Å². The second-order valence-corrected chi connectivity index (χ2v) is 13.3. The average molecular weight is 631 g/mol. The molecule has 3 aliphatic rings. The van der Waals surface area contributed by atoms with Crippen molar-refractivity contribution in [3.63, 3.8) is 0 Å². The van der Waals surface area contributed by atoms with Crippen molar-refractivity contribution in [1.82, 2.24) is 14.8 Å². The molecule has 2 aromatic heterocycles. The number of carbonyl (C=O) groups excluding carboxylic acids is 1. The van der Waals surface area contributed by atoms with E-state index < -0.39 is 21.7 Å². The number of sulfonamides is 1. The van der Waals surface area contributed by atoms with Crippen LogP contribution in [0.5, 0.6) is 0 Å². The maximum atomic E-state index is 14.8. The Morgan fingerprint density at radius 3 is 2.53 bits per heavy atom. The van der Waals surface area contributed by atoms with Crippen LogP contribution in [-0.4, -0.2) is 56.7 Å². The maximum Gasteiger partial charge on any atom is 0.255 e. The highest BCUT2D eigenvalue weighted by molar-refractivity contribution is 7.92. The van der Waals surface area contributed by atoms with Gasteiger partial charge in [-0.2, -0.15) is 0 Å². The molecule has 9 nitrogen and oxygen atoms in total. The first-order valence-corrected chi connectivity index (χ1v) is 16.1. The number of anilines is 1. The Morgan fingerprint density at radius 2 is 1.82 bits per heavy atom. The fourth-order valence-corrected chi connectivity index (χ4v) is 6.91. The molecule has 7 rings (SSSR count). The van der Waals surface area contributed by atoms with Crippen molar-refractivity contribution in [3.8, 4) is 22.5 Å². The molecule has 2 aliphatic heterocycles. The summed E-state index contributed by atoms with van der Waals surface area (Å²) in [5.74, 6) is -1.05. The summed E-state index contributed by atoms with van der Waals surface area (Å²) in [5.41, 5.74) is 3.41. The molecular formula is C33H28F2N4O5S. The summed E-state index contributed by atoms with van der Waals surface area (Å²) >= 11 is 0. The smallest absolute Gasteiger partial charge is 0.255 e. The van der Waals surface area contributed by atoms with Gasteiger partial charge in [-0.1, -0.05) is 6.08 Å². The van der Waals surface area contributed by atoms with E-state index in [1.165, 1.54) is 56.6 Å². The van der Waals surface area contributed by atoms with Crippen molar-refractivity contribution >= 4 is 38.3 Å². The molecule has 45 heavy (non-hydrogen) atoms. The van der Waals surface area contributed by atoms with Crippen LogP contribution >= 0.6 is 0 Å². The van der Waals surface area contributed by atoms with E-state index in [-0.39, 0.29) is 40.0 Å². The summed E-state index contributed by atoms with van der Waals surface area (Å²) in [6.45, 7) is 0.942. The van der Waals surface area contributed by atoms with Crippen molar-refractivity contribution in [3.05, 3.63) is 106 Å². The molecule has 0 radical (unpaired) electrons. The number of amides is 1. The molecule has 0 saturated carbocycles. The average Bonchev–Trinajstić information content (AvgIpc) is 3.59. The third-order valence-electron chi connectivity index (χ3n) is 8.71. The molecule has 1 N–H and O–H groups in total. The molecule has 1 aliphatic carbocycles. The number of benzene rings is 2. The topological polar surface area (TPSA) is 105 Å². The first kappa shape index (κ1) is 28.8. The zero-order valence-electron chi connectivity index (χ0n) is 24.6. The molecule has 1 amide bonds. The fraction of sp³-hybridized carbons (Fsp3) is 0.212. The molecule has 2 aromatic carbocycles. The number of pyridine rings is 1. The molecule has 230 valence electrons. The first-order chi connectivity index (χ1) is 21.5. The lowest BCUT2D eigenvalue weighted by molar-refractivity contribution is 0.0964. The molecule has 4 aromatic rings. The fourth-order valence-electron chi connectivity index (χ4n) is 6.40. The Bertz CT molecular complexity index is 2200. The number of allylic oxidation sites excluding steroid dienone is 2. The lowest BCUT2D eigenvalue weighted by atomic mass is 9.97. The Balaban J connectivity index is 1.49. The van der Waals surface area contributed by atoms with Crippen molar-refractivity contribution in [2.45, 2.75) is 19.0 Å². The van der Waals surface area contributed by atoms with E-state index in [1.807, 2.05) is 0 Å². The quantitative estimate of drug-likeness (QED) is 0.331. The van der Waals surface area contributed by atoms with E-state index in [0.29, 0.717) is 58.6 Å². The number of furan rings is 1. The second kappa shape index (κ2) is 10.3.